The van der Waals surface area contributed by atoms with Gasteiger partial charge in [-0.25, -0.2) is 0 Å². The van der Waals surface area contributed by atoms with Crippen LogP contribution in [0.3, 0.4) is 0 Å². The quantitative estimate of drug-likeness (QED) is 0.915. The summed E-state index contributed by atoms with van der Waals surface area (Å²) in [6.45, 7) is 5.79. The lowest BCUT2D eigenvalue weighted by Gasteiger charge is -2.32. The van der Waals surface area contributed by atoms with Crippen molar-refractivity contribution in [3.63, 3.8) is 0 Å². The molecule has 1 amide bonds. The minimum atomic E-state index is -0.0186. The number of hydrogen-bond acceptors (Lipinski definition) is 4. The van der Waals surface area contributed by atoms with Crippen molar-refractivity contribution in [2.75, 3.05) is 39.3 Å². The number of piperazine rings is 1. The number of rotatable bonds is 2. The maximum Gasteiger partial charge on any atom is 0.289 e. The zero-order chi connectivity index (χ0) is 15.8. The standard InChI is InChI=1S/C17H20ClN3O2/c18-13-1-2-15-12(9-13)10-16(23-15)17(22)21-6-3-14(11-21)20-7-4-19-5-8-20/h1-2,9-10,14,19H,3-8,11H2. The van der Waals surface area contributed by atoms with Crippen LogP contribution in [0, 0.1) is 0 Å². The SMILES string of the molecule is O=C(c1cc2cc(Cl)ccc2o1)N1CCC(N2CCNCC2)C1. The van der Waals surface area contributed by atoms with E-state index in [0.29, 0.717) is 22.4 Å². The van der Waals surface area contributed by atoms with E-state index in [0.717, 1.165) is 51.1 Å². The number of halogens is 1. The summed E-state index contributed by atoms with van der Waals surface area (Å²) in [7, 11) is 0. The number of carbonyl (C=O) groups excluding carboxylic acids is 1. The Kier molecular flexibility index (Phi) is 4.01. The second kappa shape index (κ2) is 6.15. The number of benzene rings is 1. The smallest absolute Gasteiger partial charge is 0.289 e. The van der Waals surface area contributed by atoms with Crippen LogP contribution in [0.4, 0.5) is 0 Å². The first-order valence-electron chi connectivity index (χ1n) is 8.14. The van der Waals surface area contributed by atoms with Crippen LogP contribution >= 0.6 is 11.6 Å². The van der Waals surface area contributed by atoms with Gasteiger partial charge in [-0.2, -0.15) is 0 Å². The highest BCUT2D eigenvalue weighted by Crippen LogP contribution is 2.25. The number of carbonyl (C=O) groups is 1. The number of amides is 1. The van der Waals surface area contributed by atoms with Crippen molar-refractivity contribution in [3.05, 3.63) is 35.0 Å². The van der Waals surface area contributed by atoms with Gasteiger partial charge in [0.05, 0.1) is 0 Å². The molecular weight excluding hydrogens is 314 g/mol. The first kappa shape index (κ1) is 15.0. The van der Waals surface area contributed by atoms with E-state index in [4.69, 9.17) is 16.0 Å². The van der Waals surface area contributed by atoms with E-state index in [2.05, 4.69) is 10.2 Å². The molecule has 6 heteroatoms. The van der Waals surface area contributed by atoms with Gasteiger partial charge in [-0.05, 0) is 30.7 Å². The summed E-state index contributed by atoms with van der Waals surface area (Å²) in [6, 6.07) is 7.67. The number of nitrogens with zero attached hydrogens (tertiary/aromatic N) is 2. The Hall–Kier alpha value is -1.56. The second-order valence-electron chi connectivity index (χ2n) is 6.27. The van der Waals surface area contributed by atoms with Gasteiger partial charge in [-0.15, -0.1) is 0 Å². The predicted molar refractivity (Wildman–Crippen MR) is 90.0 cm³/mol. The van der Waals surface area contributed by atoms with E-state index in [1.165, 1.54) is 0 Å². The molecule has 5 nitrogen and oxygen atoms in total. The highest BCUT2D eigenvalue weighted by atomic mass is 35.5. The van der Waals surface area contributed by atoms with Crippen molar-refractivity contribution in [2.24, 2.45) is 0 Å². The largest absolute Gasteiger partial charge is 0.451 e. The molecule has 0 radical (unpaired) electrons. The Morgan fingerprint density at radius 3 is 2.87 bits per heavy atom. The normalized spacial score (nSPS) is 22.8. The van der Waals surface area contributed by atoms with Crippen LogP contribution in [0.2, 0.25) is 5.02 Å². The van der Waals surface area contributed by atoms with Crippen LogP contribution in [-0.2, 0) is 0 Å². The average Bonchev–Trinajstić information content (AvgIpc) is 3.21. The molecule has 1 aromatic carbocycles. The van der Waals surface area contributed by atoms with Crippen LogP contribution < -0.4 is 5.32 Å². The molecule has 2 aliphatic rings. The molecule has 0 bridgehead atoms. The Morgan fingerprint density at radius 1 is 1.22 bits per heavy atom. The maximum atomic E-state index is 12.7. The molecule has 1 unspecified atom stereocenters. The first-order chi connectivity index (χ1) is 11.2. The minimum Gasteiger partial charge on any atom is -0.451 e. The Labute approximate surface area is 140 Å². The van der Waals surface area contributed by atoms with Gasteiger partial charge in [0.15, 0.2) is 5.76 Å². The number of likely N-dealkylation sites (tertiary alicyclic amines) is 1. The molecule has 0 saturated carbocycles. The first-order valence-corrected chi connectivity index (χ1v) is 8.52. The van der Waals surface area contributed by atoms with Crippen LogP contribution in [0.1, 0.15) is 17.0 Å². The fourth-order valence-corrected chi connectivity index (χ4v) is 3.73. The molecule has 2 aromatic rings. The molecule has 2 aliphatic heterocycles. The minimum absolute atomic E-state index is 0.0186. The molecule has 3 heterocycles. The Balaban J connectivity index is 1.48. The summed E-state index contributed by atoms with van der Waals surface area (Å²) >= 11 is 5.99. The van der Waals surface area contributed by atoms with Crippen molar-refractivity contribution in [2.45, 2.75) is 12.5 Å². The summed E-state index contributed by atoms with van der Waals surface area (Å²) in [6.07, 6.45) is 1.04. The van der Waals surface area contributed by atoms with Crippen molar-refractivity contribution < 1.29 is 9.21 Å². The number of fused-ring (bicyclic) bond motifs is 1. The molecule has 4 rings (SSSR count). The zero-order valence-corrected chi connectivity index (χ0v) is 13.7. The molecule has 1 N–H and O–H groups in total. The number of hydrogen-bond donors (Lipinski definition) is 1. The predicted octanol–water partition coefficient (Wildman–Crippen LogP) is 2.21. The Morgan fingerprint density at radius 2 is 2.04 bits per heavy atom. The van der Waals surface area contributed by atoms with Crippen LogP contribution in [0.15, 0.2) is 28.7 Å². The van der Waals surface area contributed by atoms with Crippen molar-refractivity contribution in [1.82, 2.24) is 15.1 Å². The fourth-order valence-electron chi connectivity index (χ4n) is 3.55. The van der Waals surface area contributed by atoms with E-state index in [-0.39, 0.29) is 5.91 Å². The Bertz CT molecular complexity index is 724. The zero-order valence-electron chi connectivity index (χ0n) is 12.9. The van der Waals surface area contributed by atoms with E-state index in [1.54, 1.807) is 12.1 Å². The van der Waals surface area contributed by atoms with Crippen molar-refractivity contribution in [3.8, 4) is 0 Å². The molecule has 0 aliphatic carbocycles. The van der Waals surface area contributed by atoms with Crippen LogP contribution in [-0.4, -0.2) is 61.0 Å². The average molecular weight is 334 g/mol. The van der Waals surface area contributed by atoms with Gasteiger partial charge in [-0.3, -0.25) is 9.69 Å². The second-order valence-corrected chi connectivity index (χ2v) is 6.71. The topological polar surface area (TPSA) is 48.7 Å². The van der Waals surface area contributed by atoms with E-state index in [9.17, 15) is 4.79 Å². The van der Waals surface area contributed by atoms with Gasteiger partial charge in [0.25, 0.3) is 5.91 Å². The van der Waals surface area contributed by atoms with E-state index < -0.39 is 0 Å². The summed E-state index contributed by atoms with van der Waals surface area (Å²) in [4.78, 5) is 17.1. The van der Waals surface area contributed by atoms with Gasteiger partial charge in [0, 0.05) is 55.7 Å². The van der Waals surface area contributed by atoms with Crippen molar-refractivity contribution >= 4 is 28.5 Å². The number of furan rings is 1. The lowest BCUT2D eigenvalue weighted by Crippen LogP contribution is -2.49. The highest BCUT2D eigenvalue weighted by Gasteiger charge is 2.32. The summed E-state index contributed by atoms with van der Waals surface area (Å²) < 4.78 is 5.70. The lowest BCUT2D eigenvalue weighted by molar-refractivity contribution is 0.0744. The molecule has 23 heavy (non-hydrogen) atoms. The molecule has 1 aromatic heterocycles. The van der Waals surface area contributed by atoms with Gasteiger partial charge in [-0.1, -0.05) is 11.6 Å². The molecule has 122 valence electrons. The summed E-state index contributed by atoms with van der Waals surface area (Å²) in [5.41, 5.74) is 0.704. The van der Waals surface area contributed by atoms with Crippen LogP contribution in [0.5, 0.6) is 0 Å². The molecule has 1 atom stereocenters. The summed E-state index contributed by atoms with van der Waals surface area (Å²) in [5, 5.41) is 4.89. The lowest BCUT2D eigenvalue weighted by atomic mass is 10.2. The third-order valence-corrected chi connectivity index (χ3v) is 5.04. The fraction of sp³-hybridized carbons (Fsp3) is 0.471. The van der Waals surface area contributed by atoms with Gasteiger partial charge >= 0.3 is 0 Å². The van der Waals surface area contributed by atoms with Crippen LogP contribution in [0.25, 0.3) is 11.0 Å². The molecule has 2 fully saturated rings. The third-order valence-electron chi connectivity index (χ3n) is 4.81. The number of nitrogens with one attached hydrogen (secondary N) is 1. The molecule has 0 spiro atoms. The van der Waals surface area contributed by atoms with Crippen molar-refractivity contribution in [1.29, 1.82) is 0 Å². The molecule has 2 saturated heterocycles. The monoisotopic (exact) mass is 333 g/mol. The highest BCUT2D eigenvalue weighted by molar-refractivity contribution is 6.31. The van der Waals surface area contributed by atoms with Gasteiger partial charge in [0.2, 0.25) is 0 Å². The summed E-state index contributed by atoms with van der Waals surface area (Å²) in [5.74, 6) is 0.387. The molecular formula is C17H20ClN3O2. The maximum absolute atomic E-state index is 12.7. The van der Waals surface area contributed by atoms with Gasteiger partial charge in [0.1, 0.15) is 5.58 Å². The van der Waals surface area contributed by atoms with Gasteiger partial charge < -0.3 is 14.6 Å². The van der Waals surface area contributed by atoms with E-state index >= 15 is 0 Å². The van der Waals surface area contributed by atoms with E-state index in [1.807, 2.05) is 17.0 Å². The third kappa shape index (κ3) is 2.96.